The molecule has 2 aromatic heterocycles. The fourth-order valence-corrected chi connectivity index (χ4v) is 4.10. The van der Waals surface area contributed by atoms with Crippen LogP contribution in [0.25, 0.3) is 43.7 Å². The van der Waals surface area contributed by atoms with Crippen molar-refractivity contribution in [2.75, 3.05) is 0 Å². The normalized spacial score (nSPS) is 12.3. The molecule has 0 saturated carbocycles. The third kappa shape index (κ3) is 2.43. The largest absolute Gasteiger partial charge is 0.386 e. The van der Waals surface area contributed by atoms with Gasteiger partial charge in [0.1, 0.15) is 0 Å². The Morgan fingerprint density at radius 2 is 1.56 bits per heavy atom. The van der Waals surface area contributed by atoms with Crippen LogP contribution in [-0.2, 0) is 5.60 Å². The summed E-state index contributed by atoms with van der Waals surface area (Å²) in [7, 11) is 0. The van der Waals surface area contributed by atoms with Crippen molar-refractivity contribution in [3.8, 4) is 11.1 Å². The molecule has 5 aromatic rings. The van der Waals surface area contributed by atoms with Crippen LogP contribution in [0.15, 0.2) is 73.1 Å². The van der Waals surface area contributed by atoms with Crippen molar-refractivity contribution in [2.24, 2.45) is 0 Å². The van der Waals surface area contributed by atoms with Gasteiger partial charge in [-0.2, -0.15) is 0 Å². The zero-order valence-electron chi connectivity index (χ0n) is 15.3. The molecule has 0 unspecified atom stereocenters. The third-order valence-electron chi connectivity index (χ3n) is 5.28. The van der Waals surface area contributed by atoms with Gasteiger partial charge < -0.3 is 10.1 Å². The lowest BCUT2D eigenvalue weighted by molar-refractivity contribution is 0.0792. The quantitative estimate of drug-likeness (QED) is 0.424. The van der Waals surface area contributed by atoms with E-state index in [4.69, 9.17) is 0 Å². The van der Waals surface area contributed by atoms with E-state index >= 15 is 0 Å². The predicted octanol–water partition coefficient (Wildman–Crippen LogP) is 5.76. The lowest BCUT2D eigenvalue weighted by Crippen LogP contribution is -2.16. The number of nitrogens with zero attached hydrogens (tertiary/aromatic N) is 1. The molecule has 132 valence electrons. The van der Waals surface area contributed by atoms with E-state index < -0.39 is 5.60 Å². The Balaban J connectivity index is 1.96. The molecule has 3 nitrogen and oxygen atoms in total. The molecule has 2 heterocycles. The minimum atomic E-state index is -0.920. The SMILES string of the molecule is CC(C)(O)c1ccccc1-c1cc2[nH]c3cnccc3c2c2ccccc12. The Labute approximate surface area is 157 Å². The number of fused-ring (bicyclic) bond motifs is 5. The van der Waals surface area contributed by atoms with Gasteiger partial charge in [0.25, 0.3) is 0 Å². The van der Waals surface area contributed by atoms with Gasteiger partial charge in [-0.15, -0.1) is 0 Å². The smallest absolute Gasteiger partial charge is 0.0846 e. The Morgan fingerprint density at radius 3 is 2.37 bits per heavy atom. The van der Waals surface area contributed by atoms with Gasteiger partial charge in [-0.05, 0) is 53.4 Å². The molecule has 0 aliphatic carbocycles. The summed E-state index contributed by atoms with van der Waals surface area (Å²) in [6, 6.07) is 20.8. The van der Waals surface area contributed by atoms with E-state index in [1.54, 1.807) is 0 Å². The van der Waals surface area contributed by atoms with Crippen molar-refractivity contribution in [2.45, 2.75) is 19.4 Å². The maximum Gasteiger partial charge on any atom is 0.0846 e. The summed E-state index contributed by atoms with van der Waals surface area (Å²) in [5, 5.41) is 15.5. The zero-order valence-corrected chi connectivity index (χ0v) is 15.3. The molecule has 0 aliphatic heterocycles. The number of rotatable bonds is 2. The minimum absolute atomic E-state index is 0.920. The number of hydrogen-bond acceptors (Lipinski definition) is 2. The van der Waals surface area contributed by atoms with E-state index in [0.717, 1.165) is 27.7 Å². The van der Waals surface area contributed by atoms with Crippen LogP contribution < -0.4 is 0 Å². The molecule has 0 saturated heterocycles. The summed E-state index contributed by atoms with van der Waals surface area (Å²) in [6.45, 7) is 3.67. The molecule has 0 amide bonds. The highest BCUT2D eigenvalue weighted by molar-refractivity contribution is 6.23. The molecule has 3 aromatic carbocycles. The Hall–Kier alpha value is -3.17. The third-order valence-corrected chi connectivity index (χ3v) is 5.28. The summed E-state index contributed by atoms with van der Waals surface area (Å²) >= 11 is 0. The number of aromatic nitrogens is 2. The van der Waals surface area contributed by atoms with Gasteiger partial charge in [-0.25, -0.2) is 0 Å². The summed E-state index contributed by atoms with van der Waals surface area (Å²) in [5.41, 5.74) is 4.29. The molecule has 2 N–H and O–H groups in total. The first-order chi connectivity index (χ1) is 13.0. The van der Waals surface area contributed by atoms with Gasteiger partial charge in [0.15, 0.2) is 0 Å². The maximum absolute atomic E-state index is 10.7. The molecule has 0 fully saturated rings. The summed E-state index contributed by atoms with van der Waals surface area (Å²) in [6.07, 6.45) is 3.70. The lowest BCUT2D eigenvalue weighted by Gasteiger charge is -2.22. The molecule has 3 heteroatoms. The highest BCUT2D eigenvalue weighted by Crippen LogP contribution is 2.40. The Kier molecular flexibility index (Phi) is 3.36. The Bertz CT molecular complexity index is 1310. The van der Waals surface area contributed by atoms with Crippen LogP contribution >= 0.6 is 0 Å². The van der Waals surface area contributed by atoms with Crippen LogP contribution in [-0.4, -0.2) is 15.1 Å². The molecule has 0 spiro atoms. The molecule has 0 atom stereocenters. The van der Waals surface area contributed by atoms with Crippen LogP contribution in [0.3, 0.4) is 0 Å². The molecule has 0 radical (unpaired) electrons. The van der Waals surface area contributed by atoms with Gasteiger partial charge in [0, 0.05) is 22.5 Å². The topological polar surface area (TPSA) is 48.9 Å². The molecule has 5 rings (SSSR count). The van der Waals surface area contributed by atoms with Crippen LogP contribution in [0, 0.1) is 0 Å². The van der Waals surface area contributed by atoms with Gasteiger partial charge in [-0.1, -0.05) is 48.5 Å². The van der Waals surface area contributed by atoms with Crippen molar-refractivity contribution >= 4 is 32.6 Å². The number of hydrogen-bond donors (Lipinski definition) is 2. The Morgan fingerprint density at radius 1 is 0.815 bits per heavy atom. The van der Waals surface area contributed by atoms with Crippen molar-refractivity contribution in [3.63, 3.8) is 0 Å². The molecule has 0 bridgehead atoms. The summed E-state index contributed by atoms with van der Waals surface area (Å²) < 4.78 is 0. The van der Waals surface area contributed by atoms with Crippen LogP contribution in [0.4, 0.5) is 0 Å². The van der Waals surface area contributed by atoms with Gasteiger partial charge >= 0.3 is 0 Å². The van der Waals surface area contributed by atoms with E-state index in [0.29, 0.717) is 0 Å². The van der Waals surface area contributed by atoms with Gasteiger partial charge in [0.2, 0.25) is 0 Å². The highest BCUT2D eigenvalue weighted by Gasteiger charge is 2.22. The number of benzene rings is 3. The number of pyridine rings is 1. The fourth-order valence-electron chi connectivity index (χ4n) is 4.10. The van der Waals surface area contributed by atoms with E-state index in [-0.39, 0.29) is 0 Å². The predicted molar refractivity (Wildman–Crippen MR) is 112 cm³/mol. The van der Waals surface area contributed by atoms with Crippen LogP contribution in [0.1, 0.15) is 19.4 Å². The summed E-state index contributed by atoms with van der Waals surface area (Å²) in [5.74, 6) is 0. The first kappa shape index (κ1) is 16.0. The highest BCUT2D eigenvalue weighted by atomic mass is 16.3. The number of aromatic amines is 1. The molecule has 27 heavy (non-hydrogen) atoms. The number of aliphatic hydroxyl groups is 1. The monoisotopic (exact) mass is 352 g/mol. The van der Waals surface area contributed by atoms with Crippen LogP contribution in [0.5, 0.6) is 0 Å². The minimum Gasteiger partial charge on any atom is -0.386 e. The molecular formula is C24H20N2O. The van der Waals surface area contributed by atoms with Gasteiger partial charge in [0.05, 0.1) is 17.3 Å². The molecular weight excluding hydrogens is 332 g/mol. The second-order valence-corrected chi connectivity index (χ2v) is 7.54. The van der Waals surface area contributed by atoms with Crippen molar-refractivity contribution in [1.29, 1.82) is 0 Å². The second kappa shape index (κ2) is 5.66. The van der Waals surface area contributed by atoms with E-state index in [9.17, 15) is 5.11 Å². The standard InChI is InChI=1S/C24H20N2O/c1-24(2,27)20-10-6-5-8-16(20)19-13-21-23(17-9-4-3-7-15(17)19)18-11-12-25-14-22(18)26-21/h3-14,26-27H,1-2H3. The second-order valence-electron chi connectivity index (χ2n) is 7.54. The zero-order chi connectivity index (χ0) is 18.6. The maximum atomic E-state index is 10.7. The average Bonchev–Trinajstić information content (AvgIpc) is 3.05. The van der Waals surface area contributed by atoms with E-state index in [1.165, 1.54) is 21.5 Å². The number of H-pyrrole nitrogens is 1. The van der Waals surface area contributed by atoms with E-state index in [2.05, 4.69) is 52.4 Å². The van der Waals surface area contributed by atoms with Crippen molar-refractivity contribution in [1.82, 2.24) is 9.97 Å². The van der Waals surface area contributed by atoms with Crippen molar-refractivity contribution < 1.29 is 5.11 Å². The van der Waals surface area contributed by atoms with E-state index in [1.807, 2.05) is 44.4 Å². The van der Waals surface area contributed by atoms with Gasteiger partial charge in [-0.3, -0.25) is 4.98 Å². The first-order valence-electron chi connectivity index (χ1n) is 9.13. The van der Waals surface area contributed by atoms with Crippen LogP contribution in [0.2, 0.25) is 0 Å². The fraction of sp³-hybridized carbons (Fsp3) is 0.125. The van der Waals surface area contributed by atoms with Crippen molar-refractivity contribution in [3.05, 3.63) is 78.6 Å². The molecule has 0 aliphatic rings. The number of nitrogens with one attached hydrogen (secondary N) is 1. The lowest BCUT2D eigenvalue weighted by atomic mass is 9.87. The first-order valence-corrected chi connectivity index (χ1v) is 9.13. The summed E-state index contributed by atoms with van der Waals surface area (Å²) in [4.78, 5) is 7.76. The average molecular weight is 352 g/mol.